The third-order valence-corrected chi connectivity index (χ3v) is 8.55. The van der Waals surface area contributed by atoms with Crippen LogP contribution in [-0.4, -0.2) is 39.1 Å². The van der Waals surface area contributed by atoms with Gasteiger partial charge < -0.3 is 14.2 Å². The van der Waals surface area contributed by atoms with Crippen LogP contribution in [0.15, 0.2) is 40.8 Å². The van der Waals surface area contributed by atoms with Crippen LogP contribution < -0.4 is 5.56 Å². The number of hydrogen-bond acceptors (Lipinski definition) is 5. The molecule has 3 fully saturated rings. The second-order valence-corrected chi connectivity index (χ2v) is 10.9. The number of ether oxygens (including phenoxy) is 1. The van der Waals surface area contributed by atoms with Crippen molar-refractivity contribution < 1.29 is 9.53 Å². The van der Waals surface area contributed by atoms with Gasteiger partial charge in [0.2, 0.25) is 0 Å². The smallest absolute Gasteiger partial charge is 0.312 e. The molecule has 0 N–H and O–H groups in total. The van der Waals surface area contributed by atoms with Crippen LogP contribution in [0.3, 0.4) is 0 Å². The van der Waals surface area contributed by atoms with Gasteiger partial charge in [0.1, 0.15) is 5.69 Å². The second-order valence-electron chi connectivity index (χ2n) is 10.9. The number of benzene rings is 1. The van der Waals surface area contributed by atoms with Crippen LogP contribution >= 0.6 is 0 Å². The average Bonchev–Trinajstić information content (AvgIpc) is 3.01. The molecule has 1 aromatic carbocycles. The summed E-state index contributed by atoms with van der Waals surface area (Å²) in [6.07, 6.45) is 12.5. The minimum absolute atomic E-state index is 0.00351. The zero-order chi connectivity index (χ0) is 24.5. The van der Waals surface area contributed by atoms with E-state index < -0.39 is 5.97 Å². The van der Waals surface area contributed by atoms with Gasteiger partial charge in [0.05, 0.1) is 24.1 Å². The van der Waals surface area contributed by atoms with Gasteiger partial charge in [0.25, 0.3) is 5.56 Å². The Hall–Kier alpha value is -2.63. The molecule has 5 rings (SSSR count). The highest BCUT2D eigenvalue weighted by Gasteiger charge is 2.39. The summed E-state index contributed by atoms with van der Waals surface area (Å²) in [6, 6.07) is 8.70. The first-order valence-electron chi connectivity index (χ1n) is 13.6. The standard InChI is InChI=1S/C29H39N3O3/c1-4-35-28(33)17-26-29(34)32(27-12-8-7-11-25(27)30-26)20(3)15-23-14-13-19(2)31(23)18-24-21-9-5-6-10-22(24)16-21/h7-8,11-12,18-23H,4-6,9-10,13-17H2,1-3H3/t19-,20-,21?,22?,23-/m0/s1. The summed E-state index contributed by atoms with van der Waals surface area (Å²) in [5.74, 6) is 1.19. The van der Waals surface area contributed by atoms with E-state index in [1.54, 1.807) is 12.5 Å². The van der Waals surface area contributed by atoms with E-state index in [-0.39, 0.29) is 23.7 Å². The Labute approximate surface area is 208 Å². The molecule has 0 radical (unpaired) electrons. The van der Waals surface area contributed by atoms with Crippen molar-refractivity contribution in [3.05, 3.63) is 52.1 Å². The van der Waals surface area contributed by atoms with Crippen molar-refractivity contribution in [3.63, 3.8) is 0 Å². The minimum atomic E-state index is -0.407. The molecule has 6 nitrogen and oxygen atoms in total. The van der Waals surface area contributed by atoms with Crippen LogP contribution in [0.5, 0.6) is 0 Å². The number of carbonyl (C=O) groups is 1. The Balaban J connectivity index is 1.42. The van der Waals surface area contributed by atoms with Crippen molar-refractivity contribution >= 4 is 17.0 Å². The van der Waals surface area contributed by atoms with E-state index in [1.807, 2.05) is 28.8 Å². The van der Waals surface area contributed by atoms with E-state index in [9.17, 15) is 9.59 Å². The van der Waals surface area contributed by atoms with Crippen LogP contribution in [0, 0.1) is 11.8 Å². The van der Waals surface area contributed by atoms with Gasteiger partial charge in [-0.25, -0.2) is 4.98 Å². The van der Waals surface area contributed by atoms with Crippen LogP contribution in [0.2, 0.25) is 0 Å². The molecule has 2 heterocycles. The fraction of sp³-hybridized carbons (Fsp3) is 0.621. The molecule has 2 saturated carbocycles. The molecule has 2 aliphatic carbocycles. The molecule has 1 saturated heterocycles. The van der Waals surface area contributed by atoms with Crippen molar-refractivity contribution in [2.24, 2.45) is 11.8 Å². The fourth-order valence-corrected chi connectivity index (χ4v) is 6.69. The molecule has 1 aliphatic heterocycles. The zero-order valence-corrected chi connectivity index (χ0v) is 21.4. The maximum Gasteiger partial charge on any atom is 0.312 e. The van der Waals surface area contributed by atoms with Gasteiger partial charge in [0, 0.05) is 18.1 Å². The van der Waals surface area contributed by atoms with Gasteiger partial charge >= 0.3 is 5.97 Å². The summed E-state index contributed by atoms with van der Waals surface area (Å²) in [5, 5.41) is 0. The molecule has 2 bridgehead atoms. The third kappa shape index (κ3) is 4.76. The largest absolute Gasteiger partial charge is 0.466 e. The lowest BCUT2D eigenvalue weighted by Gasteiger charge is -2.40. The monoisotopic (exact) mass is 477 g/mol. The van der Waals surface area contributed by atoms with Gasteiger partial charge in [-0.2, -0.15) is 0 Å². The lowest BCUT2D eigenvalue weighted by atomic mass is 9.69. The van der Waals surface area contributed by atoms with Crippen LogP contribution in [0.4, 0.5) is 0 Å². The number of allylic oxidation sites excluding steroid dienone is 1. The molecule has 5 atom stereocenters. The number of aromatic nitrogens is 2. The molecule has 35 heavy (non-hydrogen) atoms. The maximum absolute atomic E-state index is 13.6. The van der Waals surface area contributed by atoms with E-state index in [0.717, 1.165) is 35.7 Å². The Bertz CT molecular complexity index is 1150. The van der Waals surface area contributed by atoms with E-state index >= 15 is 0 Å². The molecule has 0 spiro atoms. The van der Waals surface area contributed by atoms with E-state index in [0.29, 0.717) is 18.7 Å². The molecule has 6 heteroatoms. The van der Waals surface area contributed by atoms with E-state index in [4.69, 9.17) is 4.74 Å². The normalized spacial score (nSPS) is 26.8. The lowest BCUT2D eigenvalue weighted by molar-refractivity contribution is -0.142. The highest BCUT2D eigenvalue weighted by Crippen LogP contribution is 2.49. The fourth-order valence-electron chi connectivity index (χ4n) is 6.69. The van der Waals surface area contributed by atoms with Crippen molar-refractivity contribution in [1.29, 1.82) is 0 Å². The molecule has 1 aromatic heterocycles. The van der Waals surface area contributed by atoms with Crippen molar-refractivity contribution in [2.45, 2.75) is 96.7 Å². The van der Waals surface area contributed by atoms with Gasteiger partial charge in [-0.15, -0.1) is 0 Å². The van der Waals surface area contributed by atoms with Gasteiger partial charge in [0.15, 0.2) is 0 Å². The number of fused-ring (bicyclic) bond motifs is 3. The maximum atomic E-state index is 13.6. The number of esters is 1. The Kier molecular flexibility index (Phi) is 6.99. The summed E-state index contributed by atoms with van der Waals surface area (Å²) in [4.78, 5) is 32.9. The van der Waals surface area contributed by atoms with Crippen molar-refractivity contribution in [1.82, 2.24) is 14.5 Å². The third-order valence-electron chi connectivity index (χ3n) is 8.55. The average molecular weight is 478 g/mol. The molecule has 188 valence electrons. The quantitative estimate of drug-likeness (QED) is 0.500. The SMILES string of the molecule is CCOC(=O)Cc1nc2ccccc2n([C@@H](C)C[C@@H]2CC[C@H](C)N2C=C2C3CCCCC2C3)c1=O. The van der Waals surface area contributed by atoms with Crippen LogP contribution in [-0.2, 0) is 16.0 Å². The second kappa shape index (κ2) is 10.2. The number of nitrogens with zero attached hydrogens (tertiary/aromatic N) is 3. The van der Waals surface area contributed by atoms with Crippen LogP contribution in [0.25, 0.3) is 11.0 Å². The number of hydrogen-bond donors (Lipinski definition) is 0. The first-order valence-corrected chi connectivity index (χ1v) is 13.6. The number of para-hydroxylation sites is 2. The highest BCUT2D eigenvalue weighted by molar-refractivity contribution is 5.77. The van der Waals surface area contributed by atoms with Crippen molar-refractivity contribution in [2.75, 3.05) is 6.61 Å². The number of carbonyl (C=O) groups excluding carboxylic acids is 1. The van der Waals surface area contributed by atoms with E-state index in [1.165, 1.54) is 38.5 Å². The first kappa shape index (κ1) is 24.1. The van der Waals surface area contributed by atoms with Gasteiger partial charge in [-0.3, -0.25) is 9.59 Å². The number of likely N-dealkylation sites (tertiary alicyclic amines) is 1. The summed E-state index contributed by atoms with van der Waals surface area (Å²) < 4.78 is 6.97. The van der Waals surface area contributed by atoms with Crippen LogP contribution in [0.1, 0.15) is 83.9 Å². The Morgan fingerprint density at radius 2 is 1.91 bits per heavy atom. The number of rotatable bonds is 7. The topological polar surface area (TPSA) is 64.4 Å². The minimum Gasteiger partial charge on any atom is -0.466 e. The summed E-state index contributed by atoms with van der Waals surface area (Å²) in [5.41, 5.74) is 3.36. The predicted molar refractivity (Wildman–Crippen MR) is 138 cm³/mol. The zero-order valence-electron chi connectivity index (χ0n) is 21.4. The Morgan fingerprint density at radius 3 is 2.66 bits per heavy atom. The highest BCUT2D eigenvalue weighted by atomic mass is 16.5. The molecular formula is C29H39N3O3. The molecule has 2 unspecified atom stereocenters. The molecular weight excluding hydrogens is 438 g/mol. The van der Waals surface area contributed by atoms with E-state index in [2.05, 4.69) is 29.9 Å². The van der Waals surface area contributed by atoms with Gasteiger partial charge in [-0.05, 0) is 95.0 Å². The van der Waals surface area contributed by atoms with Crippen molar-refractivity contribution in [3.8, 4) is 0 Å². The first-order chi connectivity index (χ1) is 17.0. The molecule has 0 amide bonds. The summed E-state index contributed by atoms with van der Waals surface area (Å²) in [6.45, 7) is 6.55. The summed E-state index contributed by atoms with van der Waals surface area (Å²) >= 11 is 0. The summed E-state index contributed by atoms with van der Waals surface area (Å²) in [7, 11) is 0. The predicted octanol–water partition coefficient (Wildman–Crippen LogP) is 5.40. The van der Waals surface area contributed by atoms with Gasteiger partial charge in [-0.1, -0.05) is 25.0 Å². The lowest BCUT2D eigenvalue weighted by Crippen LogP contribution is -2.37. The molecule has 3 aliphatic rings. The Morgan fingerprint density at radius 1 is 1.17 bits per heavy atom. The molecule has 2 aromatic rings.